The molecule has 0 aromatic heterocycles. The van der Waals surface area contributed by atoms with Crippen LogP contribution in [0.3, 0.4) is 0 Å². The van der Waals surface area contributed by atoms with Crippen LogP contribution in [0.2, 0.25) is 5.02 Å². The molecule has 0 radical (unpaired) electrons. The highest BCUT2D eigenvalue weighted by molar-refractivity contribution is 6.30. The molecule has 2 aromatic rings. The van der Waals surface area contributed by atoms with Gasteiger partial charge in [-0.15, -0.1) is 0 Å². The van der Waals surface area contributed by atoms with Crippen molar-refractivity contribution in [3.8, 4) is 0 Å². The van der Waals surface area contributed by atoms with Gasteiger partial charge in [0.2, 0.25) is 0 Å². The normalized spacial score (nSPS) is 19.8. The lowest BCUT2D eigenvalue weighted by molar-refractivity contribution is 0.338. The Morgan fingerprint density at radius 1 is 1.11 bits per heavy atom. The Morgan fingerprint density at radius 3 is 2.68 bits per heavy atom. The third-order valence-corrected chi connectivity index (χ3v) is 4.17. The zero-order chi connectivity index (χ0) is 13.2. The largest absolute Gasteiger partial charge is 0.305 e. The van der Waals surface area contributed by atoms with E-state index < -0.39 is 0 Å². The van der Waals surface area contributed by atoms with Crippen molar-refractivity contribution < 1.29 is 0 Å². The second-order valence-corrected chi connectivity index (χ2v) is 5.76. The number of rotatable bonds is 1. The van der Waals surface area contributed by atoms with Crippen molar-refractivity contribution in [3.63, 3.8) is 0 Å². The Balaban J connectivity index is 2.08. The molecular weight excluding hydrogens is 254 g/mol. The highest BCUT2D eigenvalue weighted by Gasteiger charge is 2.22. The molecule has 1 nitrogen and oxygen atoms in total. The number of hydrogen-bond donors (Lipinski definition) is 0. The van der Waals surface area contributed by atoms with E-state index in [0.717, 1.165) is 24.5 Å². The fourth-order valence-corrected chi connectivity index (χ4v) is 3.11. The Labute approximate surface area is 119 Å². The molecule has 0 bridgehead atoms. The summed E-state index contributed by atoms with van der Waals surface area (Å²) < 4.78 is 0. The molecule has 0 spiro atoms. The molecule has 2 aromatic carbocycles. The van der Waals surface area contributed by atoms with Crippen molar-refractivity contribution in [2.24, 2.45) is 0 Å². The van der Waals surface area contributed by atoms with Crippen LogP contribution in [0.5, 0.6) is 0 Å². The summed E-state index contributed by atoms with van der Waals surface area (Å²) in [5.74, 6) is 0.445. The van der Waals surface area contributed by atoms with Gasteiger partial charge in [-0.2, -0.15) is 0 Å². The van der Waals surface area contributed by atoms with E-state index in [9.17, 15) is 0 Å². The van der Waals surface area contributed by atoms with Crippen molar-refractivity contribution in [1.29, 1.82) is 0 Å². The van der Waals surface area contributed by atoms with Crippen molar-refractivity contribution in [2.45, 2.75) is 12.3 Å². The van der Waals surface area contributed by atoms with Crippen LogP contribution in [0.25, 0.3) is 0 Å². The Morgan fingerprint density at radius 2 is 1.89 bits per heavy atom. The predicted molar refractivity (Wildman–Crippen MR) is 80.9 cm³/mol. The van der Waals surface area contributed by atoms with E-state index in [1.54, 1.807) is 0 Å². The third kappa shape index (κ3) is 2.68. The average Bonchev–Trinajstić information content (AvgIpc) is 2.59. The number of benzene rings is 2. The highest BCUT2D eigenvalue weighted by atomic mass is 35.5. The topological polar surface area (TPSA) is 3.24 Å². The molecular formula is C17H18ClN. The average molecular weight is 272 g/mol. The minimum Gasteiger partial charge on any atom is -0.305 e. The number of halogens is 1. The quantitative estimate of drug-likeness (QED) is 0.759. The third-order valence-electron chi connectivity index (χ3n) is 3.94. The van der Waals surface area contributed by atoms with E-state index in [-0.39, 0.29) is 0 Å². The Kier molecular flexibility index (Phi) is 3.58. The van der Waals surface area contributed by atoms with Crippen molar-refractivity contribution in [3.05, 3.63) is 70.2 Å². The molecule has 2 heteroatoms. The van der Waals surface area contributed by atoms with Crippen LogP contribution >= 0.6 is 11.6 Å². The van der Waals surface area contributed by atoms with Crippen LogP contribution in [0, 0.1) is 0 Å². The molecule has 0 fully saturated rings. The second-order valence-electron chi connectivity index (χ2n) is 5.32. The lowest BCUT2D eigenvalue weighted by atomic mass is 9.88. The molecule has 0 saturated heterocycles. The highest BCUT2D eigenvalue weighted by Crippen LogP contribution is 2.32. The Bertz CT molecular complexity index is 565. The van der Waals surface area contributed by atoms with Crippen molar-refractivity contribution in [1.82, 2.24) is 4.90 Å². The maximum absolute atomic E-state index is 6.15. The Hall–Kier alpha value is -1.31. The number of fused-ring (bicyclic) bond motifs is 1. The summed E-state index contributed by atoms with van der Waals surface area (Å²) >= 11 is 6.15. The van der Waals surface area contributed by atoms with Gasteiger partial charge in [-0.25, -0.2) is 0 Å². The summed E-state index contributed by atoms with van der Waals surface area (Å²) in [6.07, 6.45) is 1.08. The van der Waals surface area contributed by atoms with Gasteiger partial charge in [0, 0.05) is 24.0 Å². The summed E-state index contributed by atoms with van der Waals surface area (Å²) in [7, 11) is 2.20. The molecule has 19 heavy (non-hydrogen) atoms. The molecule has 0 saturated carbocycles. The summed E-state index contributed by atoms with van der Waals surface area (Å²) in [4.78, 5) is 2.41. The van der Waals surface area contributed by atoms with Gasteiger partial charge in [-0.1, -0.05) is 48.0 Å². The van der Waals surface area contributed by atoms with Gasteiger partial charge in [0.1, 0.15) is 0 Å². The van der Waals surface area contributed by atoms with E-state index in [1.807, 2.05) is 6.07 Å². The van der Waals surface area contributed by atoms with Gasteiger partial charge < -0.3 is 4.90 Å². The maximum Gasteiger partial charge on any atom is 0.0408 e. The minimum absolute atomic E-state index is 0.445. The molecule has 1 aliphatic rings. The maximum atomic E-state index is 6.15. The van der Waals surface area contributed by atoms with E-state index in [4.69, 9.17) is 11.6 Å². The minimum atomic E-state index is 0.445. The zero-order valence-electron chi connectivity index (χ0n) is 11.1. The summed E-state index contributed by atoms with van der Waals surface area (Å²) in [6, 6.07) is 17.1. The first-order valence-electron chi connectivity index (χ1n) is 6.76. The van der Waals surface area contributed by atoms with Crippen LogP contribution in [-0.4, -0.2) is 25.0 Å². The standard InChI is InChI=1S/C17H18ClN/c1-19-10-9-14-11-15(18)7-8-16(14)17(12-19)13-5-3-2-4-6-13/h2-8,11,17H,9-10,12H2,1H3/t17-/m1/s1. The molecule has 0 N–H and O–H groups in total. The molecule has 1 heterocycles. The van der Waals surface area contributed by atoms with Gasteiger partial charge in [0.25, 0.3) is 0 Å². The molecule has 0 unspecified atom stereocenters. The molecule has 1 aliphatic heterocycles. The fourth-order valence-electron chi connectivity index (χ4n) is 2.91. The van der Waals surface area contributed by atoms with Gasteiger partial charge in [-0.3, -0.25) is 0 Å². The first-order valence-corrected chi connectivity index (χ1v) is 7.13. The number of likely N-dealkylation sites (N-methyl/N-ethyl adjacent to an activating group) is 1. The molecule has 0 aliphatic carbocycles. The first kappa shape index (κ1) is 12.7. The van der Waals surface area contributed by atoms with E-state index >= 15 is 0 Å². The second kappa shape index (κ2) is 5.36. The molecule has 3 rings (SSSR count). The van der Waals surface area contributed by atoms with E-state index in [2.05, 4.69) is 54.4 Å². The zero-order valence-corrected chi connectivity index (χ0v) is 11.9. The lowest BCUT2D eigenvalue weighted by Gasteiger charge is -2.22. The van der Waals surface area contributed by atoms with E-state index in [0.29, 0.717) is 5.92 Å². The van der Waals surface area contributed by atoms with Gasteiger partial charge in [0.15, 0.2) is 0 Å². The first-order chi connectivity index (χ1) is 9.24. The van der Waals surface area contributed by atoms with Crippen LogP contribution < -0.4 is 0 Å². The smallest absolute Gasteiger partial charge is 0.0408 e. The molecule has 1 atom stereocenters. The van der Waals surface area contributed by atoms with Crippen LogP contribution in [0.1, 0.15) is 22.6 Å². The summed E-state index contributed by atoms with van der Waals surface area (Å²) in [5.41, 5.74) is 4.21. The van der Waals surface area contributed by atoms with Crippen molar-refractivity contribution in [2.75, 3.05) is 20.1 Å². The van der Waals surface area contributed by atoms with Gasteiger partial charge in [-0.05, 0) is 42.3 Å². The van der Waals surface area contributed by atoms with Gasteiger partial charge in [0.05, 0.1) is 0 Å². The molecule has 98 valence electrons. The number of nitrogens with zero attached hydrogens (tertiary/aromatic N) is 1. The van der Waals surface area contributed by atoms with Crippen LogP contribution in [0.4, 0.5) is 0 Å². The van der Waals surface area contributed by atoms with Crippen LogP contribution in [0.15, 0.2) is 48.5 Å². The SMILES string of the molecule is CN1CCc2cc(Cl)ccc2[C@@H](c2ccccc2)C1. The van der Waals surface area contributed by atoms with Crippen molar-refractivity contribution >= 4 is 11.6 Å². The predicted octanol–water partition coefficient (Wildman–Crippen LogP) is 3.96. The number of hydrogen-bond acceptors (Lipinski definition) is 1. The van der Waals surface area contributed by atoms with E-state index in [1.165, 1.54) is 16.7 Å². The fraction of sp³-hybridized carbons (Fsp3) is 0.294. The summed E-state index contributed by atoms with van der Waals surface area (Å²) in [6.45, 7) is 2.16. The summed E-state index contributed by atoms with van der Waals surface area (Å²) in [5, 5.41) is 0.843. The lowest BCUT2D eigenvalue weighted by Crippen LogP contribution is -2.24. The monoisotopic (exact) mass is 271 g/mol. The van der Waals surface area contributed by atoms with Gasteiger partial charge >= 0.3 is 0 Å². The molecule has 0 amide bonds. The van der Waals surface area contributed by atoms with Crippen LogP contribution in [-0.2, 0) is 6.42 Å².